The number of hydrogen-bond donors (Lipinski definition) is 0. The summed E-state index contributed by atoms with van der Waals surface area (Å²) < 4.78 is 0.871. The molecule has 5 heteroatoms. The van der Waals surface area contributed by atoms with Crippen molar-refractivity contribution < 1.29 is 4.79 Å². The van der Waals surface area contributed by atoms with E-state index in [1.807, 2.05) is 13.0 Å². The molecule has 1 atom stereocenters. The number of carbonyl (C=O) groups excluding carboxylic acids is 1. The lowest BCUT2D eigenvalue weighted by Gasteiger charge is -2.17. The molecule has 1 unspecified atom stereocenters. The van der Waals surface area contributed by atoms with Crippen molar-refractivity contribution in [3.63, 3.8) is 0 Å². The van der Waals surface area contributed by atoms with Crippen LogP contribution in [0.5, 0.6) is 0 Å². The number of hydrogen-bond acceptors (Lipinski definition) is 2. The minimum Gasteiger partial charge on any atom is -0.339 e. The molecule has 0 N–H and O–H groups in total. The Balaban J connectivity index is 2.72. The van der Waals surface area contributed by atoms with Gasteiger partial charge >= 0.3 is 0 Å². The van der Waals surface area contributed by atoms with E-state index in [1.165, 1.54) is 0 Å². The Kier molecular flexibility index (Phi) is 4.73. The first-order valence-electron chi connectivity index (χ1n) is 4.52. The minimum absolute atomic E-state index is 0.0613. The lowest BCUT2D eigenvalue weighted by Crippen LogP contribution is -2.31. The van der Waals surface area contributed by atoms with Crippen molar-refractivity contribution in [1.29, 1.82) is 0 Å². The maximum absolute atomic E-state index is 11.8. The minimum atomic E-state index is -0.0613. The van der Waals surface area contributed by atoms with Crippen LogP contribution in [0.25, 0.3) is 0 Å². The molecule has 0 aliphatic heterocycles. The molecule has 0 saturated heterocycles. The normalized spacial score (nSPS) is 12.3. The fourth-order valence-electron chi connectivity index (χ4n) is 1.16. The van der Waals surface area contributed by atoms with Gasteiger partial charge in [0.15, 0.2) is 0 Å². The fraction of sp³-hybridized carbons (Fsp3) is 0.400. The lowest BCUT2D eigenvalue weighted by molar-refractivity contribution is 0.0791. The summed E-state index contributed by atoms with van der Waals surface area (Å²) in [5.41, 5.74) is 0.467. The summed E-state index contributed by atoms with van der Waals surface area (Å²) in [5, 5.41) is 0. The summed E-state index contributed by atoms with van der Waals surface area (Å²) in [6.45, 7) is 2.66. The predicted octanol–water partition coefficient (Wildman–Crippen LogP) is 2.70. The Labute approximate surface area is 106 Å². The number of halogens is 2. The summed E-state index contributed by atoms with van der Waals surface area (Å²) in [7, 11) is 1.77. The van der Waals surface area contributed by atoms with Crippen LogP contribution in [0, 0.1) is 0 Å². The van der Waals surface area contributed by atoms with Crippen molar-refractivity contribution in [2.75, 3.05) is 13.6 Å². The third kappa shape index (κ3) is 3.91. The SMILES string of the molecule is CC(Br)CN(C)C(=O)c1ccc(Br)cn1. The topological polar surface area (TPSA) is 33.2 Å². The van der Waals surface area contributed by atoms with Crippen molar-refractivity contribution in [3.05, 3.63) is 28.5 Å². The molecule has 0 saturated carbocycles. The second-order valence-corrected chi connectivity index (χ2v) is 5.81. The third-order valence-electron chi connectivity index (χ3n) is 1.82. The number of carbonyl (C=O) groups is 1. The van der Waals surface area contributed by atoms with Crippen LogP contribution < -0.4 is 0 Å². The molecule has 1 amide bonds. The highest BCUT2D eigenvalue weighted by Gasteiger charge is 2.13. The van der Waals surface area contributed by atoms with Gasteiger partial charge in [-0.05, 0) is 28.1 Å². The highest BCUT2D eigenvalue weighted by molar-refractivity contribution is 9.10. The van der Waals surface area contributed by atoms with Gasteiger partial charge in [0.1, 0.15) is 5.69 Å². The molecule has 1 rings (SSSR count). The quantitative estimate of drug-likeness (QED) is 0.796. The number of alkyl halides is 1. The van der Waals surface area contributed by atoms with E-state index >= 15 is 0 Å². The first-order valence-corrected chi connectivity index (χ1v) is 6.22. The predicted molar refractivity (Wildman–Crippen MR) is 67.3 cm³/mol. The van der Waals surface area contributed by atoms with E-state index < -0.39 is 0 Å². The number of rotatable bonds is 3. The summed E-state index contributed by atoms with van der Waals surface area (Å²) in [6.07, 6.45) is 1.62. The van der Waals surface area contributed by atoms with Gasteiger partial charge in [-0.2, -0.15) is 0 Å². The van der Waals surface area contributed by atoms with E-state index in [9.17, 15) is 4.79 Å². The number of pyridine rings is 1. The van der Waals surface area contributed by atoms with Gasteiger partial charge < -0.3 is 4.90 Å². The first-order chi connectivity index (χ1) is 7.00. The summed E-state index contributed by atoms with van der Waals surface area (Å²) in [6, 6.07) is 3.52. The number of nitrogens with zero attached hydrogens (tertiary/aromatic N) is 2. The zero-order valence-electron chi connectivity index (χ0n) is 8.58. The Hall–Kier alpha value is -0.420. The van der Waals surface area contributed by atoms with Crippen LogP contribution in [-0.2, 0) is 0 Å². The van der Waals surface area contributed by atoms with Crippen LogP contribution in [0.15, 0.2) is 22.8 Å². The number of aromatic nitrogens is 1. The maximum atomic E-state index is 11.8. The van der Waals surface area contributed by atoms with Crippen LogP contribution in [0.3, 0.4) is 0 Å². The largest absolute Gasteiger partial charge is 0.339 e. The van der Waals surface area contributed by atoms with Gasteiger partial charge in [-0.25, -0.2) is 4.98 Å². The van der Waals surface area contributed by atoms with Crippen molar-refractivity contribution >= 4 is 37.8 Å². The molecule has 1 aromatic rings. The molecule has 82 valence electrons. The van der Waals surface area contributed by atoms with Gasteiger partial charge in [-0.1, -0.05) is 22.9 Å². The van der Waals surface area contributed by atoms with Gasteiger partial charge in [0.25, 0.3) is 5.91 Å². The zero-order chi connectivity index (χ0) is 11.4. The maximum Gasteiger partial charge on any atom is 0.272 e. The van der Waals surface area contributed by atoms with Crippen LogP contribution in [0.1, 0.15) is 17.4 Å². The Bertz CT molecular complexity index is 338. The summed E-state index contributed by atoms with van der Waals surface area (Å²) in [5.74, 6) is -0.0613. The van der Waals surface area contributed by atoms with Gasteiger partial charge in [0, 0.05) is 29.1 Å². The fourth-order valence-corrected chi connectivity index (χ4v) is 1.83. The second-order valence-electron chi connectivity index (χ2n) is 3.33. The lowest BCUT2D eigenvalue weighted by atomic mass is 10.3. The Morgan fingerprint density at radius 1 is 1.60 bits per heavy atom. The van der Waals surface area contributed by atoms with E-state index in [1.54, 1.807) is 24.2 Å². The van der Waals surface area contributed by atoms with E-state index in [-0.39, 0.29) is 10.7 Å². The average Bonchev–Trinajstić information content (AvgIpc) is 2.17. The molecule has 1 aromatic heterocycles. The van der Waals surface area contributed by atoms with Gasteiger partial charge in [0.05, 0.1) is 0 Å². The molecule has 1 heterocycles. The van der Waals surface area contributed by atoms with Crippen molar-refractivity contribution in [2.24, 2.45) is 0 Å². The van der Waals surface area contributed by atoms with Gasteiger partial charge in [-0.15, -0.1) is 0 Å². The molecular weight excluding hydrogens is 324 g/mol. The standard InChI is InChI=1S/C10H12Br2N2O/c1-7(11)6-14(2)10(15)9-4-3-8(12)5-13-9/h3-5,7H,6H2,1-2H3. The van der Waals surface area contributed by atoms with E-state index in [0.717, 1.165) is 4.47 Å². The molecule has 0 aliphatic carbocycles. The van der Waals surface area contributed by atoms with Crippen LogP contribution in [0.2, 0.25) is 0 Å². The monoisotopic (exact) mass is 334 g/mol. The molecule has 15 heavy (non-hydrogen) atoms. The van der Waals surface area contributed by atoms with Crippen LogP contribution >= 0.6 is 31.9 Å². The molecule has 0 fully saturated rings. The van der Waals surface area contributed by atoms with E-state index in [4.69, 9.17) is 0 Å². The summed E-state index contributed by atoms with van der Waals surface area (Å²) >= 11 is 6.68. The van der Waals surface area contributed by atoms with E-state index in [2.05, 4.69) is 36.8 Å². The van der Waals surface area contributed by atoms with E-state index in [0.29, 0.717) is 12.2 Å². The average molecular weight is 336 g/mol. The van der Waals surface area contributed by atoms with Crippen molar-refractivity contribution in [2.45, 2.75) is 11.8 Å². The first kappa shape index (κ1) is 12.6. The molecule has 0 aliphatic rings. The Morgan fingerprint density at radius 2 is 2.27 bits per heavy atom. The smallest absolute Gasteiger partial charge is 0.272 e. The van der Waals surface area contributed by atoms with Gasteiger partial charge in [-0.3, -0.25) is 4.79 Å². The van der Waals surface area contributed by atoms with Crippen molar-refractivity contribution in [3.8, 4) is 0 Å². The molecule has 3 nitrogen and oxygen atoms in total. The summed E-state index contributed by atoms with van der Waals surface area (Å²) in [4.78, 5) is 17.8. The van der Waals surface area contributed by atoms with Crippen LogP contribution in [0.4, 0.5) is 0 Å². The van der Waals surface area contributed by atoms with Crippen molar-refractivity contribution in [1.82, 2.24) is 9.88 Å². The molecular formula is C10H12Br2N2O. The molecule has 0 aromatic carbocycles. The highest BCUT2D eigenvalue weighted by Crippen LogP contribution is 2.09. The zero-order valence-corrected chi connectivity index (χ0v) is 11.7. The van der Waals surface area contributed by atoms with Gasteiger partial charge in [0.2, 0.25) is 0 Å². The third-order valence-corrected chi connectivity index (χ3v) is 2.58. The molecule has 0 radical (unpaired) electrons. The number of amides is 1. The highest BCUT2D eigenvalue weighted by atomic mass is 79.9. The Morgan fingerprint density at radius 3 is 2.73 bits per heavy atom. The molecule has 0 bridgehead atoms. The second kappa shape index (κ2) is 5.61. The van der Waals surface area contributed by atoms with Crippen LogP contribution in [-0.4, -0.2) is 34.2 Å². The molecule has 0 spiro atoms.